The van der Waals surface area contributed by atoms with Crippen LogP contribution in [0.15, 0.2) is 48.6 Å². The quantitative estimate of drug-likeness (QED) is 0.297. The van der Waals surface area contributed by atoms with Crippen molar-refractivity contribution >= 4 is 3.21 Å². The molecule has 0 N–H and O–H groups in total. The fraction of sp³-hybridized carbons (Fsp3) is 0.414. The van der Waals surface area contributed by atoms with Gasteiger partial charge in [0.15, 0.2) is 0 Å². The van der Waals surface area contributed by atoms with Gasteiger partial charge in [-0.05, 0) is 17.4 Å². The molecular weight excluding hydrogens is 440 g/mol. The third-order valence-corrected chi connectivity index (χ3v) is 6.84. The first kappa shape index (κ1) is 23.3. The van der Waals surface area contributed by atoms with Crippen molar-refractivity contribution in [2.45, 2.75) is 78.1 Å². The monoisotopic (exact) mass is 472 g/mol. The average Bonchev–Trinajstić information content (AvgIpc) is 3.15. The molecule has 3 aliphatic rings. The van der Waals surface area contributed by atoms with Crippen LogP contribution < -0.4 is 0 Å². The Morgan fingerprint density at radius 1 is 0.867 bits per heavy atom. The third kappa shape index (κ3) is 6.34. The zero-order valence-corrected chi connectivity index (χ0v) is 21.9. The van der Waals surface area contributed by atoms with Crippen LogP contribution in [0.1, 0.15) is 83.1 Å². The van der Waals surface area contributed by atoms with Crippen molar-refractivity contribution in [1.29, 1.82) is 0 Å². The second kappa shape index (κ2) is 9.44. The predicted molar refractivity (Wildman–Crippen MR) is 127 cm³/mol. The minimum atomic E-state index is 0.177. The predicted octanol–water partition coefficient (Wildman–Crippen LogP) is 7.46. The molecule has 1 heteroatoms. The molecule has 0 spiro atoms. The number of fused-ring (bicyclic) bond motifs is 3. The van der Waals surface area contributed by atoms with Gasteiger partial charge in [-0.1, -0.05) is 76.3 Å². The molecule has 0 aliphatic heterocycles. The number of allylic oxidation sites excluding steroid dienone is 4. The van der Waals surface area contributed by atoms with E-state index in [0.29, 0.717) is 0 Å². The number of hydrogen-bond donors (Lipinski definition) is 0. The van der Waals surface area contributed by atoms with Crippen LogP contribution in [-0.2, 0) is 41.5 Å². The van der Waals surface area contributed by atoms with Crippen LogP contribution >= 0.6 is 0 Å². The Balaban J connectivity index is 0.000000233. The summed E-state index contributed by atoms with van der Waals surface area (Å²) in [5.41, 5.74) is 8.76. The van der Waals surface area contributed by atoms with Gasteiger partial charge >= 0.3 is 40.3 Å². The van der Waals surface area contributed by atoms with Gasteiger partial charge in [0.05, 0.1) is 0 Å². The molecule has 0 bridgehead atoms. The van der Waals surface area contributed by atoms with Crippen LogP contribution in [-0.4, -0.2) is 3.21 Å². The van der Waals surface area contributed by atoms with E-state index in [2.05, 4.69) is 90.1 Å². The first-order valence-electron chi connectivity index (χ1n) is 11.0. The van der Waals surface area contributed by atoms with Gasteiger partial charge in [0.1, 0.15) is 0 Å². The van der Waals surface area contributed by atoms with Crippen molar-refractivity contribution in [3.8, 4) is 11.1 Å². The Morgan fingerprint density at radius 2 is 1.50 bits per heavy atom. The molecule has 0 aromatic heterocycles. The number of rotatable bonds is 0. The van der Waals surface area contributed by atoms with Gasteiger partial charge in [0, 0.05) is 0 Å². The number of hydrogen-bond acceptors (Lipinski definition) is 0. The SMILES string of the molecule is CC(C)(C)c1c[c-]c2c(c1)-c1cc(C(C)(C)C)ccc1C2.[C-]1=CC=CC1.[Zr+2]=[C]1CC1. The summed E-state index contributed by atoms with van der Waals surface area (Å²) < 4.78 is 1.76. The van der Waals surface area contributed by atoms with Gasteiger partial charge in [-0.3, -0.25) is 6.08 Å². The zero-order valence-electron chi connectivity index (χ0n) is 19.4. The molecule has 5 rings (SSSR count). The molecule has 30 heavy (non-hydrogen) atoms. The number of benzene rings is 2. The molecule has 0 atom stereocenters. The Labute approximate surface area is 198 Å². The fourth-order valence-electron chi connectivity index (χ4n) is 3.39. The van der Waals surface area contributed by atoms with Gasteiger partial charge < -0.3 is 0 Å². The van der Waals surface area contributed by atoms with Crippen LogP contribution in [0.25, 0.3) is 11.1 Å². The Bertz CT molecular complexity index is 897. The maximum atomic E-state index is 3.53. The van der Waals surface area contributed by atoms with Crippen molar-refractivity contribution in [3.05, 3.63) is 83.0 Å². The molecule has 2 aromatic rings. The van der Waals surface area contributed by atoms with Crippen LogP contribution in [0.3, 0.4) is 0 Å². The van der Waals surface area contributed by atoms with Crippen molar-refractivity contribution in [2.75, 3.05) is 0 Å². The molecule has 0 radical (unpaired) electrons. The molecule has 0 heterocycles. The summed E-state index contributed by atoms with van der Waals surface area (Å²) in [6.45, 7) is 13.6. The van der Waals surface area contributed by atoms with Gasteiger partial charge in [0.2, 0.25) is 0 Å². The minimum absolute atomic E-state index is 0.177. The van der Waals surface area contributed by atoms with E-state index >= 15 is 0 Å². The topological polar surface area (TPSA) is 0 Å². The Hall–Kier alpha value is -1.33. The molecule has 2 aromatic carbocycles. The van der Waals surface area contributed by atoms with Crippen molar-refractivity contribution in [1.82, 2.24) is 0 Å². The first-order chi connectivity index (χ1) is 14.1. The van der Waals surface area contributed by atoms with Crippen molar-refractivity contribution < 1.29 is 24.2 Å². The summed E-state index contributed by atoms with van der Waals surface area (Å²) in [7, 11) is 0. The molecule has 0 saturated heterocycles. The standard InChI is InChI=1S/C21H25.C5H5.C3H4.Zr/c1-20(2,3)16-9-7-14-11-15-8-10-17(21(4,5)6)13-19(15)18(14)12-16;1-2-4-5-3-1;1-2-3-1;/h7,9-10,12-13H,11H2,1-6H3;1-3H,4H2;1-2H2;/q2*-1;;+2. The third-order valence-electron chi connectivity index (χ3n) is 5.61. The van der Waals surface area contributed by atoms with E-state index in [0.717, 1.165) is 12.8 Å². The van der Waals surface area contributed by atoms with E-state index in [4.69, 9.17) is 0 Å². The molecule has 154 valence electrons. The van der Waals surface area contributed by atoms with Crippen molar-refractivity contribution in [2.24, 2.45) is 0 Å². The summed E-state index contributed by atoms with van der Waals surface area (Å²) in [6, 6.07) is 15.1. The van der Waals surface area contributed by atoms with Crippen LogP contribution in [0, 0.1) is 12.1 Å². The molecule has 0 unspecified atom stereocenters. The van der Waals surface area contributed by atoms with E-state index in [-0.39, 0.29) is 10.8 Å². The van der Waals surface area contributed by atoms with Crippen LogP contribution in [0.2, 0.25) is 0 Å². The van der Waals surface area contributed by atoms with E-state index in [1.807, 2.05) is 12.2 Å². The van der Waals surface area contributed by atoms with Crippen molar-refractivity contribution in [3.63, 3.8) is 0 Å². The van der Waals surface area contributed by atoms with Gasteiger partial charge in [-0.15, -0.1) is 12.0 Å². The molecule has 0 nitrogen and oxygen atoms in total. The Morgan fingerprint density at radius 3 is 1.97 bits per heavy atom. The average molecular weight is 474 g/mol. The molecule has 3 aliphatic carbocycles. The summed E-state index contributed by atoms with van der Waals surface area (Å²) in [5.74, 6) is 0. The van der Waals surface area contributed by atoms with E-state index in [1.165, 1.54) is 46.2 Å². The van der Waals surface area contributed by atoms with E-state index in [9.17, 15) is 0 Å². The fourth-order valence-corrected chi connectivity index (χ4v) is 3.69. The first-order valence-corrected chi connectivity index (χ1v) is 12.3. The van der Waals surface area contributed by atoms with Crippen LogP contribution in [0.5, 0.6) is 0 Å². The van der Waals surface area contributed by atoms with Gasteiger partial charge in [-0.25, -0.2) is 12.2 Å². The zero-order chi connectivity index (χ0) is 21.9. The second-order valence-corrected chi connectivity index (χ2v) is 12.2. The van der Waals surface area contributed by atoms with Gasteiger partial charge in [-0.2, -0.15) is 35.4 Å². The molecule has 1 fully saturated rings. The molecular formula is C29H34Zr. The van der Waals surface area contributed by atoms with Crippen LogP contribution in [0.4, 0.5) is 0 Å². The summed E-state index contributed by atoms with van der Waals surface area (Å²) in [4.78, 5) is 0. The van der Waals surface area contributed by atoms with E-state index < -0.39 is 0 Å². The molecule has 1 saturated carbocycles. The Kier molecular flexibility index (Phi) is 7.34. The summed E-state index contributed by atoms with van der Waals surface area (Å²) >= 11 is 1.66. The normalized spacial score (nSPS) is 15.7. The summed E-state index contributed by atoms with van der Waals surface area (Å²) in [5, 5.41) is 0. The summed E-state index contributed by atoms with van der Waals surface area (Å²) in [6.07, 6.45) is 13.9. The van der Waals surface area contributed by atoms with E-state index in [1.54, 1.807) is 27.4 Å². The molecule has 0 amide bonds. The second-order valence-electron chi connectivity index (χ2n) is 10.4. The van der Waals surface area contributed by atoms with Gasteiger partial charge in [0.25, 0.3) is 0 Å². The maximum absolute atomic E-state index is 3.53.